The third-order valence-corrected chi connectivity index (χ3v) is 6.92. The molecule has 1 aromatic rings. The van der Waals surface area contributed by atoms with Gasteiger partial charge in [-0.1, -0.05) is 12.8 Å². The highest BCUT2D eigenvalue weighted by Crippen LogP contribution is 2.29. The van der Waals surface area contributed by atoms with Gasteiger partial charge in [-0.05, 0) is 51.0 Å². The van der Waals surface area contributed by atoms with E-state index in [1.165, 1.54) is 0 Å². The Balaban J connectivity index is 1.60. The highest BCUT2D eigenvalue weighted by Gasteiger charge is 2.36. The highest BCUT2D eigenvalue weighted by molar-refractivity contribution is 7.91. The van der Waals surface area contributed by atoms with E-state index in [0.717, 1.165) is 25.7 Å². The summed E-state index contributed by atoms with van der Waals surface area (Å²) in [4.78, 5) is 14.8. The minimum atomic E-state index is -3.50. The third-order valence-electron chi connectivity index (χ3n) is 5.19. The number of hydrogen-bond acceptors (Lipinski definition) is 5. The van der Waals surface area contributed by atoms with Crippen molar-refractivity contribution in [1.82, 2.24) is 4.90 Å². The zero-order valence-electron chi connectivity index (χ0n) is 16.1. The Hall–Kier alpha value is -1.60. The predicted molar refractivity (Wildman–Crippen MR) is 103 cm³/mol. The van der Waals surface area contributed by atoms with E-state index in [4.69, 9.17) is 9.47 Å². The summed E-state index contributed by atoms with van der Waals surface area (Å²) in [5.74, 6) is 0.375. The molecule has 2 fully saturated rings. The standard InChI is InChI=1S/C20H29NO5S/c1-15(2)26-16-7-9-17(10-8-16)27(23,24)14-11-20(22)21-12-13-25-19-6-4-3-5-18(19)21/h7-10,15,18-19H,3-6,11-14H2,1-2H3. The largest absolute Gasteiger partial charge is 0.491 e. The molecule has 1 saturated carbocycles. The highest BCUT2D eigenvalue weighted by atomic mass is 32.2. The Morgan fingerprint density at radius 1 is 1.22 bits per heavy atom. The van der Waals surface area contributed by atoms with Gasteiger partial charge in [0.2, 0.25) is 5.91 Å². The molecule has 0 bridgehead atoms. The van der Waals surface area contributed by atoms with Crippen molar-refractivity contribution in [3.63, 3.8) is 0 Å². The van der Waals surface area contributed by atoms with Crippen molar-refractivity contribution in [2.24, 2.45) is 0 Å². The molecule has 2 atom stereocenters. The number of benzene rings is 1. The van der Waals surface area contributed by atoms with E-state index < -0.39 is 9.84 Å². The SMILES string of the molecule is CC(C)Oc1ccc(S(=O)(=O)CCC(=O)N2CCOC3CCCCC32)cc1. The Morgan fingerprint density at radius 3 is 2.63 bits per heavy atom. The van der Waals surface area contributed by atoms with Crippen molar-refractivity contribution in [2.45, 2.75) is 69.1 Å². The number of rotatable bonds is 6. The number of fused-ring (bicyclic) bond motifs is 1. The van der Waals surface area contributed by atoms with E-state index in [-0.39, 0.29) is 41.2 Å². The Bertz CT molecular complexity index is 742. The number of sulfone groups is 1. The van der Waals surface area contributed by atoms with Crippen molar-refractivity contribution in [3.05, 3.63) is 24.3 Å². The number of nitrogens with zero attached hydrogens (tertiary/aromatic N) is 1. The molecule has 0 radical (unpaired) electrons. The van der Waals surface area contributed by atoms with Gasteiger partial charge in [0.1, 0.15) is 5.75 Å². The fourth-order valence-electron chi connectivity index (χ4n) is 3.89. The van der Waals surface area contributed by atoms with Gasteiger partial charge in [-0.2, -0.15) is 0 Å². The van der Waals surface area contributed by atoms with Crippen LogP contribution in [0.4, 0.5) is 0 Å². The van der Waals surface area contributed by atoms with Crippen molar-refractivity contribution in [3.8, 4) is 5.75 Å². The van der Waals surface area contributed by atoms with E-state index in [2.05, 4.69) is 0 Å². The second kappa shape index (κ2) is 8.61. The molecule has 0 spiro atoms. The lowest BCUT2D eigenvalue weighted by molar-refractivity contribution is -0.149. The molecule has 3 rings (SSSR count). The first-order valence-electron chi connectivity index (χ1n) is 9.77. The fourth-order valence-corrected chi connectivity index (χ4v) is 5.12. The third kappa shape index (κ3) is 5.02. The molecule has 1 aliphatic heterocycles. The molecular weight excluding hydrogens is 366 g/mol. The summed E-state index contributed by atoms with van der Waals surface area (Å²) in [5, 5.41) is 0. The number of amides is 1. The quantitative estimate of drug-likeness (QED) is 0.741. The lowest BCUT2D eigenvalue weighted by Gasteiger charge is -2.43. The number of carbonyl (C=O) groups excluding carboxylic acids is 1. The number of morpholine rings is 1. The molecule has 2 aliphatic rings. The topological polar surface area (TPSA) is 72.9 Å². The average molecular weight is 396 g/mol. The van der Waals surface area contributed by atoms with Crippen LogP contribution >= 0.6 is 0 Å². The predicted octanol–water partition coefficient (Wildman–Crippen LogP) is 2.81. The van der Waals surface area contributed by atoms with Gasteiger partial charge in [-0.25, -0.2) is 8.42 Å². The van der Waals surface area contributed by atoms with Crippen LogP contribution in [0, 0.1) is 0 Å². The van der Waals surface area contributed by atoms with Crippen LogP contribution in [-0.4, -0.2) is 56.4 Å². The zero-order valence-corrected chi connectivity index (χ0v) is 16.9. The first-order valence-corrected chi connectivity index (χ1v) is 11.4. The van der Waals surface area contributed by atoms with Crippen molar-refractivity contribution in [1.29, 1.82) is 0 Å². The number of ether oxygens (including phenoxy) is 2. The smallest absolute Gasteiger partial charge is 0.224 e. The van der Waals surface area contributed by atoms with Gasteiger partial charge in [-0.3, -0.25) is 4.79 Å². The van der Waals surface area contributed by atoms with Crippen LogP contribution in [0.15, 0.2) is 29.2 Å². The summed E-state index contributed by atoms with van der Waals surface area (Å²) in [7, 11) is -3.50. The summed E-state index contributed by atoms with van der Waals surface area (Å²) >= 11 is 0. The molecule has 1 saturated heterocycles. The summed E-state index contributed by atoms with van der Waals surface area (Å²) in [5.41, 5.74) is 0. The summed E-state index contributed by atoms with van der Waals surface area (Å²) in [6.07, 6.45) is 4.31. The van der Waals surface area contributed by atoms with Gasteiger partial charge in [0.25, 0.3) is 0 Å². The minimum Gasteiger partial charge on any atom is -0.491 e. The van der Waals surface area contributed by atoms with E-state index in [9.17, 15) is 13.2 Å². The van der Waals surface area contributed by atoms with Gasteiger partial charge in [0, 0.05) is 13.0 Å². The van der Waals surface area contributed by atoms with E-state index in [0.29, 0.717) is 18.9 Å². The second-order valence-corrected chi connectivity index (χ2v) is 9.66. The first-order chi connectivity index (χ1) is 12.9. The van der Waals surface area contributed by atoms with Crippen molar-refractivity contribution < 1.29 is 22.7 Å². The van der Waals surface area contributed by atoms with Gasteiger partial charge >= 0.3 is 0 Å². The lowest BCUT2D eigenvalue weighted by Crippen LogP contribution is -2.55. The fraction of sp³-hybridized carbons (Fsp3) is 0.650. The molecule has 0 N–H and O–H groups in total. The summed E-state index contributed by atoms with van der Waals surface area (Å²) in [6, 6.07) is 6.51. The molecule has 2 unspecified atom stereocenters. The number of carbonyl (C=O) groups is 1. The van der Waals surface area contributed by atoms with Crippen LogP contribution < -0.4 is 4.74 Å². The zero-order chi connectivity index (χ0) is 19.4. The molecule has 1 heterocycles. The van der Waals surface area contributed by atoms with Crippen LogP contribution in [0.3, 0.4) is 0 Å². The molecule has 150 valence electrons. The van der Waals surface area contributed by atoms with E-state index >= 15 is 0 Å². The lowest BCUT2D eigenvalue weighted by atomic mass is 9.90. The molecule has 27 heavy (non-hydrogen) atoms. The Kier molecular flexibility index (Phi) is 6.42. The normalized spacial score (nSPS) is 23.1. The molecular formula is C20H29NO5S. The first kappa shape index (κ1) is 20.1. The summed E-state index contributed by atoms with van der Waals surface area (Å²) < 4.78 is 36.5. The van der Waals surface area contributed by atoms with E-state index in [1.807, 2.05) is 18.7 Å². The van der Waals surface area contributed by atoms with Gasteiger partial charge < -0.3 is 14.4 Å². The molecule has 1 amide bonds. The van der Waals surface area contributed by atoms with Crippen LogP contribution in [0.5, 0.6) is 5.75 Å². The monoisotopic (exact) mass is 395 g/mol. The number of hydrogen-bond donors (Lipinski definition) is 0. The van der Waals surface area contributed by atoms with Gasteiger partial charge in [0.15, 0.2) is 9.84 Å². The van der Waals surface area contributed by atoms with Gasteiger partial charge in [-0.15, -0.1) is 0 Å². The van der Waals surface area contributed by atoms with Crippen LogP contribution in [0.2, 0.25) is 0 Å². The second-order valence-electron chi connectivity index (χ2n) is 7.56. The van der Waals surface area contributed by atoms with E-state index in [1.54, 1.807) is 24.3 Å². The molecule has 0 aromatic heterocycles. The molecule has 1 aliphatic carbocycles. The van der Waals surface area contributed by atoms with Crippen LogP contribution in [0.1, 0.15) is 46.0 Å². The van der Waals surface area contributed by atoms with Crippen LogP contribution in [0.25, 0.3) is 0 Å². The minimum absolute atomic E-state index is 0.00972. The Labute approximate surface area is 161 Å². The Morgan fingerprint density at radius 2 is 1.93 bits per heavy atom. The average Bonchev–Trinajstić information content (AvgIpc) is 2.65. The maximum Gasteiger partial charge on any atom is 0.224 e. The molecule has 7 heteroatoms. The van der Waals surface area contributed by atoms with Gasteiger partial charge in [0.05, 0.1) is 35.5 Å². The van der Waals surface area contributed by atoms with Crippen molar-refractivity contribution >= 4 is 15.7 Å². The maximum absolute atomic E-state index is 12.7. The molecule has 6 nitrogen and oxygen atoms in total. The maximum atomic E-state index is 12.7. The molecule has 1 aromatic carbocycles. The van der Waals surface area contributed by atoms with Crippen molar-refractivity contribution in [2.75, 3.05) is 18.9 Å². The summed E-state index contributed by atoms with van der Waals surface area (Å²) in [6.45, 7) is 4.93. The van der Waals surface area contributed by atoms with Crippen LogP contribution in [-0.2, 0) is 19.4 Å².